The first-order valence-electron chi connectivity index (χ1n) is 7.33. The van der Waals surface area contributed by atoms with Gasteiger partial charge in [0.25, 0.3) is 5.91 Å². The number of benzene rings is 2. The number of aliphatic carboxylic acids is 1. The first-order valence-corrected chi connectivity index (χ1v) is 8.46. The van der Waals surface area contributed by atoms with E-state index < -0.39 is 18.5 Å². The van der Waals surface area contributed by atoms with Gasteiger partial charge in [0.2, 0.25) is 0 Å². The maximum absolute atomic E-state index is 12.3. The van der Waals surface area contributed by atoms with Gasteiger partial charge in [-0.1, -0.05) is 46.9 Å². The Bertz CT molecular complexity index is 944. The molecule has 0 aliphatic heterocycles. The zero-order chi connectivity index (χ0) is 20.0. The van der Waals surface area contributed by atoms with Crippen molar-refractivity contribution in [3.05, 3.63) is 62.6 Å². The van der Waals surface area contributed by atoms with E-state index in [1.54, 1.807) is 30.3 Å². The molecule has 138 valence electrons. The summed E-state index contributed by atoms with van der Waals surface area (Å²) in [7, 11) is 0. The lowest BCUT2D eigenvalue weighted by molar-refractivity contribution is -0.139. The van der Waals surface area contributed by atoms with Crippen LogP contribution in [0.25, 0.3) is 6.08 Å². The molecule has 6 nitrogen and oxygen atoms in total. The van der Waals surface area contributed by atoms with E-state index in [0.29, 0.717) is 16.3 Å². The summed E-state index contributed by atoms with van der Waals surface area (Å²) < 4.78 is 5.01. The van der Waals surface area contributed by atoms with Crippen LogP contribution in [-0.2, 0) is 9.59 Å². The van der Waals surface area contributed by atoms with Crippen molar-refractivity contribution in [3.63, 3.8) is 0 Å². The molecule has 0 unspecified atom stereocenters. The van der Waals surface area contributed by atoms with E-state index in [1.807, 2.05) is 0 Å². The molecular weight excluding hydrogens is 415 g/mol. The fourth-order valence-corrected chi connectivity index (χ4v) is 2.80. The maximum Gasteiger partial charge on any atom is 0.341 e. The Morgan fingerprint density at radius 3 is 2.33 bits per heavy atom. The Balaban J connectivity index is 2.27. The predicted molar refractivity (Wildman–Crippen MR) is 103 cm³/mol. The lowest BCUT2D eigenvalue weighted by atomic mass is 10.1. The number of hydrogen-bond donors (Lipinski definition) is 2. The van der Waals surface area contributed by atoms with Crippen molar-refractivity contribution in [1.29, 1.82) is 5.26 Å². The van der Waals surface area contributed by atoms with E-state index in [1.165, 1.54) is 18.2 Å². The Kier molecular flexibility index (Phi) is 7.08. The van der Waals surface area contributed by atoms with Gasteiger partial charge < -0.3 is 15.2 Å². The van der Waals surface area contributed by atoms with Gasteiger partial charge in [0.05, 0.1) is 20.8 Å². The molecule has 0 heterocycles. The third-order valence-corrected chi connectivity index (χ3v) is 4.05. The van der Waals surface area contributed by atoms with Gasteiger partial charge >= 0.3 is 5.97 Å². The number of carbonyl (C=O) groups is 2. The summed E-state index contributed by atoms with van der Waals surface area (Å²) >= 11 is 18.1. The van der Waals surface area contributed by atoms with Crippen LogP contribution in [0.5, 0.6) is 5.75 Å². The number of rotatable bonds is 6. The molecule has 9 heteroatoms. The van der Waals surface area contributed by atoms with Gasteiger partial charge in [-0.05, 0) is 35.9 Å². The third kappa shape index (κ3) is 5.63. The van der Waals surface area contributed by atoms with Crippen LogP contribution in [0.4, 0.5) is 5.69 Å². The van der Waals surface area contributed by atoms with Crippen LogP contribution in [0.15, 0.2) is 42.0 Å². The third-order valence-electron chi connectivity index (χ3n) is 3.16. The van der Waals surface area contributed by atoms with E-state index in [9.17, 15) is 14.9 Å². The second kappa shape index (κ2) is 9.28. The minimum absolute atomic E-state index is 0.00286. The van der Waals surface area contributed by atoms with Crippen molar-refractivity contribution < 1.29 is 19.4 Å². The van der Waals surface area contributed by atoms with Crippen LogP contribution >= 0.6 is 34.8 Å². The number of amides is 1. The van der Waals surface area contributed by atoms with Gasteiger partial charge in [-0.2, -0.15) is 5.26 Å². The van der Waals surface area contributed by atoms with E-state index in [-0.39, 0.29) is 21.4 Å². The summed E-state index contributed by atoms with van der Waals surface area (Å²) in [4.78, 5) is 22.9. The van der Waals surface area contributed by atoms with Crippen LogP contribution in [0.1, 0.15) is 5.56 Å². The van der Waals surface area contributed by atoms with Crippen molar-refractivity contribution in [1.82, 2.24) is 0 Å². The SMILES string of the molecule is N#C/C(=C\c1cc(Cl)c(OCC(=O)O)c(Cl)c1)C(=O)Nc1ccccc1Cl. The minimum atomic E-state index is -1.19. The summed E-state index contributed by atoms with van der Waals surface area (Å²) in [5.41, 5.74) is 0.513. The fourth-order valence-electron chi connectivity index (χ4n) is 2.00. The largest absolute Gasteiger partial charge is 0.479 e. The summed E-state index contributed by atoms with van der Waals surface area (Å²) in [6.45, 7) is -0.613. The number of nitrogens with zero attached hydrogens (tertiary/aromatic N) is 1. The quantitative estimate of drug-likeness (QED) is 0.518. The van der Waals surface area contributed by atoms with Crippen LogP contribution in [0.3, 0.4) is 0 Å². The van der Waals surface area contributed by atoms with Crippen LogP contribution < -0.4 is 10.1 Å². The molecule has 0 bridgehead atoms. The highest BCUT2D eigenvalue weighted by atomic mass is 35.5. The van der Waals surface area contributed by atoms with Gasteiger partial charge in [-0.15, -0.1) is 0 Å². The molecule has 0 aliphatic carbocycles. The molecule has 2 N–H and O–H groups in total. The maximum atomic E-state index is 12.3. The standard InChI is InChI=1S/C18H11Cl3N2O4/c19-12-3-1-2-4-15(12)23-18(26)11(8-22)5-10-6-13(20)17(14(21)7-10)27-9-16(24)25/h1-7H,9H2,(H,23,26)(H,24,25)/b11-5+. The molecular formula is C18H11Cl3N2O4. The molecule has 2 rings (SSSR count). The minimum Gasteiger partial charge on any atom is -0.479 e. The highest BCUT2D eigenvalue weighted by Gasteiger charge is 2.14. The van der Waals surface area contributed by atoms with Gasteiger partial charge in [0.15, 0.2) is 12.4 Å². The number of nitrogens with one attached hydrogen (secondary N) is 1. The average molecular weight is 426 g/mol. The Hall–Kier alpha value is -2.72. The topological polar surface area (TPSA) is 99.4 Å². The smallest absolute Gasteiger partial charge is 0.341 e. The molecule has 1 amide bonds. The number of ether oxygens (including phenoxy) is 1. The van der Waals surface area contributed by atoms with Crippen LogP contribution in [0, 0.1) is 11.3 Å². The Labute approximate surface area is 169 Å². The molecule has 0 saturated heterocycles. The monoisotopic (exact) mass is 424 g/mol. The second-order valence-corrected chi connectivity index (χ2v) is 6.32. The fraction of sp³-hybridized carbons (Fsp3) is 0.0556. The number of hydrogen-bond acceptors (Lipinski definition) is 4. The van der Waals surface area contributed by atoms with Crippen LogP contribution in [-0.4, -0.2) is 23.6 Å². The van der Waals surface area contributed by atoms with E-state index in [0.717, 1.165) is 0 Å². The molecule has 0 spiro atoms. The normalized spacial score (nSPS) is 10.8. The molecule has 0 aromatic heterocycles. The number of halogens is 3. The predicted octanol–water partition coefficient (Wildman–Crippen LogP) is 4.66. The number of carboxylic acid groups (broad SMARTS) is 1. The summed E-state index contributed by atoms with van der Waals surface area (Å²) in [5, 5.41) is 20.9. The van der Waals surface area contributed by atoms with Gasteiger partial charge in [0, 0.05) is 0 Å². The molecule has 0 fully saturated rings. The van der Waals surface area contributed by atoms with Crippen molar-refractivity contribution >= 4 is 58.4 Å². The highest BCUT2D eigenvalue weighted by molar-refractivity contribution is 6.37. The van der Waals surface area contributed by atoms with E-state index in [2.05, 4.69) is 5.32 Å². The number of carboxylic acids is 1. The number of carbonyl (C=O) groups excluding carboxylic acids is 1. The lowest BCUT2D eigenvalue weighted by Gasteiger charge is -2.09. The molecule has 0 radical (unpaired) electrons. The number of anilines is 1. The zero-order valence-electron chi connectivity index (χ0n) is 13.5. The lowest BCUT2D eigenvalue weighted by Crippen LogP contribution is -2.13. The van der Waals surface area contributed by atoms with E-state index in [4.69, 9.17) is 44.6 Å². The first kappa shape index (κ1) is 20.6. The summed E-state index contributed by atoms with van der Waals surface area (Å²) in [5.74, 6) is -1.85. The molecule has 27 heavy (non-hydrogen) atoms. The van der Waals surface area contributed by atoms with Crippen molar-refractivity contribution in [3.8, 4) is 11.8 Å². The van der Waals surface area contributed by atoms with Gasteiger partial charge in [0.1, 0.15) is 11.6 Å². The molecule has 2 aromatic carbocycles. The zero-order valence-corrected chi connectivity index (χ0v) is 15.8. The second-order valence-electron chi connectivity index (χ2n) is 5.10. The molecule has 0 aliphatic rings. The highest BCUT2D eigenvalue weighted by Crippen LogP contribution is 2.35. The van der Waals surface area contributed by atoms with Crippen LogP contribution in [0.2, 0.25) is 15.1 Å². The van der Waals surface area contributed by atoms with E-state index >= 15 is 0 Å². The summed E-state index contributed by atoms with van der Waals surface area (Å²) in [6.07, 6.45) is 1.28. The first-order chi connectivity index (χ1) is 12.8. The van der Waals surface area contributed by atoms with Crippen molar-refractivity contribution in [2.75, 3.05) is 11.9 Å². The Morgan fingerprint density at radius 1 is 1.15 bits per heavy atom. The molecule has 0 saturated carbocycles. The molecule has 2 aromatic rings. The number of para-hydroxylation sites is 1. The Morgan fingerprint density at radius 2 is 1.78 bits per heavy atom. The van der Waals surface area contributed by atoms with Gasteiger partial charge in [-0.25, -0.2) is 4.79 Å². The van der Waals surface area contributed by atoms with Crippen molar-refractivity contribution in [2.45, 2.75) is 0 Å². The van der Waals surface area contributed by atoms with Crippen molar-refractivity contribution in [2.24, 2.45) is 0 Å². The number of nitriles is 1. The molecule has 0 atom stereocenters. The van der Waals surface area contributed by atoms with Gasteiger partial charge in [-0.3, -0.25) is 4.79 Å². The average Bonchev–Trinajstić information content (AvgIpc) is 2.60. The summed E-state index contributed by atoms with van der Waals surface area (Å²) in [6, 6.07) is 11.2.